The first-order valence-corrected chi connectivity index (χ1v) is 9.65. The average Bonchev–Trinajstić information content (AvgIpc) is 2.54. The van der Waals surface area contributed by atoms with Crippen molar-refractivity contribution in [1.82, 2.24) is 0 Å². The molecule has 0 saturated heterocycles. The number of nitrogens with one attached hydrogen (secondary N) is 1. The minimum atomic E-state index is -3.79. The van der Waals surface area contributed by atoms with Gasteiger partial charge in [-0.3, -0.25) is 4.79 Å². The second-order valence-corrected chi connectivity index (χ2v) is 7.84. The molecule has 0 saturated carbocycles. The van der Waals surface area contributed by atoms with E-state index in [0.717, 1.165) is 25.1 Å². The van der Waals surface area contributed by atoms with E-state index in [9.17, 15) is 13.2 Å². The number of aryl methyl sites for hydroxylation is 2. The maximum absolute atomic E-state index is 12.4. The van der Waals surface area contributed by atoms with E-state index in [-0.39, 0.29) is 17.3 Å². The van der Waals surface area contributed by atoms with Crippen LogP contribution in [0, 0.1) is 6.92 Å². The lowest BCUT2D eigenvalue weighted by atomic mass is 9.99. The highest BCUT2D eigenvalue weighted by molar-refractivity contribution is 7.89. The highest BCUT2D eigenvalue weighted by atomic mass is 32.2. The number of sulfonamides is 1. The molecule has 3 rings (SSSR count). The van der Waals surface area contributed by atoms with Crippen molar-refractivity contribution in [3.8, 4) is 0 Å². The van der Waals surface area contributed by atoms with Crippen molar-refractivity contribution in [2.24, 2.45) is 5.14 Å². The molecule has 132 valence electrons. The second kappa shape index (κ2) is 6.85. The van der Waals surface area contributed by atoms with E-state index in [1.807, 2.05) is 6.07 Å². The van der Waals surface area contributed by atoms with Gasteiger partial charge in [-0.05, 0) is 49.6 Å². The number of fused-ring (bicyclic) bond motifs is 1. The summed E-state index contributed by atoms with van der Waals surface area (Å²) in [4.78, 5) is 14.4. The van der Waals surface area contributed by atoms with Gasteiger partial charge in [-0.25, -0.2) is 13.6 Å². The Morgan fingerprint density at radius 2 is 2.04 bits per heavy atom. The molecule has 3 N–H and O–H groups in total. The molecule has 2 aromatic carbocycles. The Kier molecular flexibility index (Phi) is 4.78. The number of carbonyl (C=O) groups excluding carboxylic acids is 1. The summed E-state index contributed by atoms with van der Waals surface area (Å²) in [5, 5.41) is 7.87. The average molecular weight is 359 g/mol. The number of primary sulfonamides is 1. The SMILES string of the molecule is Cc1ccc2c(c1)CCCN2CC(=O)Nc1cccc(S(N)(=O)=O)c1. The number of hydrogen-bond donors (Lipinski definition) is 2. The third-order valence-corrected chi connectivity index (χ3v) is 5.14. The van der Waals surface area contributed by atoms with Crippen LogP contribution in [-0.4, -0.2) is 27.4 Å². The topological polar surface area (TPSA) is 92.5 Å². The zero-order valence-electron chi connectivity index (χ0n) is 14.0. The molecule has 0 bridgehead atoms. The highest BCUT2D eigenvalue weighted by Gasteiger charge is 2.19. The molecule has 1 aliphatic rings. The lowest BCUT2D eigenvalue weighted by Gasteiger charge is -2.31. The van der Waals surface area contributed by atoms with E-state index in [4.69, 9.17) is 5.14 Å². The Morgan fingerprint density at radius 1 is 1.24 bits per heavy atom. The molecule has 2 aromatic rings. The van der Waals surface area contributed by atoms with Crippen LogP contribution in [0.3, 0.4) is 0 Å². The van der Waals surface area contributed by atoms with Gasteiger partial charge < -0.3 is 10.2 Å². The van der Waals surface area contributed by atoms with Gasteiger partial charge in [0.2, 0.25) is 15.9 Å². The fourth-order valence-electron chi connectivity index (χ4n) is 3.09. The highest BCUT2D eigenvalue weighted by Crippen LogP contribution is 2.27. The number of rotatable bonds is 4. The van der Waals surface area contributed by atoms with Gasteiger partial charge in [0.15, 0.2) is 0 Å². The summed E-state index contributed by atoms with van der Waals surface area (Å²) >= 11 is 0. The largest absolute Gasteiger partial charge is 0.362 e. The van der Waals surface area contributed by atoms with Gasteiger partial charge in [0.25, 0.3) is 0 Å². The van der Waals surface area contributed by atoms with Crippen LogP contribution in [0.4, 0.5) is 11.4 Å². The van der Waals surface area contributed by atoms with Crippen molar-refractivity contribution >= 4 is 27.3 Å². The van der Waals surface area contributed by atoms with Crippen LogP contribution in [0.2, 0.25) is 0 Å². The minimum Gasteiger partial charge on any atom is -0.362 e. The van der Waals surface area contributed by atoms with E-state index in [2.05, 4.69) is 29.3 Å². The molecular formula is C18H21N3O3S. The molecule has 0 spiro atoms. The summed E-state index contributed by atoms with van der Waals surface area (Å²) in [5.41, 5.74) is 3.98. The molecule has 25 heavy (non-hydrogen) atoms. The number of benzene rings is 2. The van der Waals surface area contributed by atoms with Gasteiger partial charge in [-0.15, -0.1) is 0 Å². The number of anilines is 2. The van der Waals surface area contributed by atoms with E-state index < -0.39 is 10.0 Å². The number of carbonyl (C=O) groups is 1. The van der Waals surface area contributed by atoms with Gasteiger partial charge in [0.1, 0.15) is 0 Å². The van der Waals surface area contributed by atoms with Crippen LogP contribution in [0.25, 0.3) is 0 Å². The molecule has 0 aliphatic carbocycles. The third-order valence-electron chi connectivity index (χ3n) is 4.23. The smallest absolute Gasteiger partial charge is 0.243 e. The predicted octanol–water partition coefficient (Wildman–Crippen LogP) is 2.03. The van der Waals surface area contributed by atoms with Crippen LogP contribution in [0.1, 0.15) is 17.5 Å². The van der Waals surface area contributed by atoms with Crippen LogP contribution >= 0.6 is 0 Å². The molecule has 0 radical (unpaired) electrons. The summed E-state index contributed by atoms with van der Waals surface area (Å²) in [6, 6.07) is 12.2. The van der Waals surface area contributed by atoms with Gasteiger partial charge in [-0.2, -0.15) is 0 Å². The first-order valence-electron chi connectivity index (χ1n) is 8.10. The fraction of sp³-hybridized carbons (Fsp3) is 0.278. The Morgan fingerprint density at radius 3 is 2.80 bits per heavy atom. The zero-order valence-corrected chi connectivity index (χ0v) is 14.8. The molecule has 1 amide bonds. The second-order valence-electron chi connectivity index (χ2n) is 6.28. The van der Waals surface area contributed by atoms with Gasteiger partial charge in [0.05, 0.1) is 11.4 Å². The molecule has 0 atom stereocenters. The number of amides is 1. The van der Waals surface area contributed by atoms with Crippen molar-refractivity contribution in [3.63, 3.8) is 0 Å². The normalized spacial score (nSPS) is 14.1. The molecular weight excluding hydrogens is 338 g/mol. The van der Waals surface area contributed by atoms with Gasteiger partial charge >= 0.3 is 0 Å². The van der Waals surface area contributed by atoms with Crippen LogP contribution in [0.5, 0.6) is 0 Å². The van der Waals surface area contributed by atoms with E-state index in [1.54, 1.807) is 12.1 Å². The lowest BCUT2D eigenvalue weighted by molar-refractivity contribution is -0.115. The maximum atomic E-state index is 12.4. The van der Waals surface area contributed by atoms with Crippen molar-refractivity contribution < 1.29 is 13.2 Å². The predicted molar refractivity (Wildman–Crippen MR) is 98.2 cm³/mol. The van der Waals surface area contributed by atoms with Gasteiger partial charge in [-0.1, -0.05) is 23.8 Å². The van der Waals surface area contributed by atoms with Crippen LogP contribution < -0.4 is 15.4 Å². The summed E-state index contributed by atoms with van der Waals surface area (Å²) < 4.78 is 22.8. The molecule has 7 heteroatoms. The lowest BCUT2D eigenvalue weighted by Crippen LogP contribution is -2.36. The maximum Gasteiger partial charge on any atom is 0.243 e. The van der Waals surface area contributed by atoms with Crippen LogP contribution in [-0.2, 0) is 21.2 Å². The van der Waals surface area contributed by atoms with Crippen molar-refractivity contribution in [3.05, 3.63) is 53.6 Å². The molecule has 0 unspecified atom stereocenters. The quantitative estimate of drug-likeness (QED) is 0.874. The Bertz CT molecular complexity index is 910. The summed E-state index contributed by atoms with van der Waals surface area (Å²) in [7, 11) is -3.79. The molecule has 0 aromatic heterocycles. The third kappa shape index (κ3) is 4.18. The number of nitrogens with two attached hydrogens (primary N) is 1. The standard InChI is InChI=1S/C18H21N3O3S/c1-13-7-8-17-14(10-13)4-3-9-21(17)12-18(22)20-15-5-2-6-16(11-15)25(19,23)24/h2,5-8,10-11H,3-4,9,12H2,1H3,(H,20,22)(H2,19,23,24). The van der Waals surface area contributed by atoms with E-state index in [1.165, 1.54) is 23.3 Å². The van der Waals surface area contributed by atoms with Crippen molar-refractivity contribution in [2.75, 3.05) is 23.3 Å². The zero-order chi connectivity index (χ0) is 18.0. The number of nitrogens with zero attached hydrogens (tertiary/aromatic N) is 1. The summed E-state index contributed by atoms with van der Waals surface area (Å²) in [5.74, 6) is -0.194. The monoisotopic (exact) mass is 359 g/mol. The summed E-state index contributed by atoms with van der Waals surface area (Å²) in [6.45, 7) is 3.10. The van der Waals surface area contributed by atoms with Crippen molar-refractivity contribution in [1.29, 1.82) is 0 Å². The van der Waals surface area contributed by atoms with E-state index in [0.29, 0.717) is 5.69 Å². The van der Waals surface area contributed by atoms with Crippen LogP contribution in [0.15, 0.2) is 47.4 Å². The Labute approximate surface area is 147 Å². The number of hydrogen-bond acceptors (Lipinski definition) is 4. The van der Waals surface area contributed by atoms with Gasteiger partial charge in [0, 0.05) is 17.9 Å². The van der Waals surface area contributed by atoms with Crippen molar-refractivity contribution in [2.45, 2.75) is 24.7 Å². The first-order chi connectivity index (χ1) is 11.8. The fourth-order valence-corrected chi connectivity index (χ4v) is 3.65. The molecule has 6 nitrogen and oxygen atoms in total. The molecule has 0 fully saturated rings. The van der Waals surface area contributed by atoms with E-state index >= 15 is 0 Å². The summed E-state index contributed by atoms with van der Waals surface area (Å²) in [6.07, 6.45) is 2.02. The Hall–Kier alpha value is -2.38. The Balaban J connectivity index is 1.72. The first kappa shape index (κ1) is 17.4. The molecule has 1 heterocycles. The minimum absolute atomic E-state index is 0.0240. The molecule has 1 aliphatic heterocycles.